The van der Waals surface area contributed by atoms with Crippen LogP contribution in [0.1, 0.15) is 30.4 Å². The monoisotopic (exact) mass is 418 g/mol. The molecule has 2 aromatic heterocycles. The summed E-state index contributed by atoms with van der Waals surface area (Å²) in [7, 11) is 0. The van der Waals surface area contributed by atoms with Crippen LogP contribution in [0.15, 0.2) is 30.0 Å². The zero-order valence-corrected chi connectivity index (χ0v) is 16.0. The number of nitrogens with zero attached hydrogens (tertiary/aromatic N) is 5. The van der Waals surface area contributed by atoms with E-state index < -0.39 is 11.7 Å². The second kappa shape index (κ2) is 7.17. The third kappa shape index (κ3) is 3.78. The molecule has 3 aromatic rings. The molecular formula is C20H15FN8O2. The molecule has 3 heterocycles. The molecule has 154 valence electrons. The highest BCUT2D eigenvalue weighted by atomic mass is 19.1. The Morgan fingerprint density at radius 3 is 2.81 bits per heavy atom. The lowest BCUT2D eigenvalue weighted by Crippen LogP contribution is -2.19. The summed E-state index contributed by atoms with van der Waals surface area (Å²) in [5.74, 6) is -0.775. The molecule has 0 radical (unpaired) electrons. The van der Waals surface area contributed by atoms with Crippen LogP contribution in [-0.2, 0) is 9.59 Å². The Morgan fingerprint density at radius 1 is 1.26 bits per heavy atom. The molecule has 11 heteroatoms. The largest absolute Gasteiger partial charge is 0.351 e. The maximum atomic E-state index is 13.8. The zero-order valence-electron chi connectivity index (χ0n) is 16.0. The van der Waals surface area contributed by atoms with Crippen LogP contribution in [0, 0.1) is 17.1 Å². The minimum atomic E-state index is -0.564. The van der Waals surface area contributed by atoms with E-state index in [-0.39, 0.29) is 29.9 Å². The maximum absolute atomic E-state index is 13.8. The molecule has 0 bridgehead atoms. The van der Waals surface area contributed by atoms with Gasteiger partial charge in [0.15, 0.2) is 5.65 Å². The van der Waals surface area contributed by atoms with E-state index in [2.05, 4.69) is 31.0 Å². The molecule has 5 rings (SSSR count). The summed E-state index contributed by atoms with van der Waals surface area (Å²) < 4.78 is 15.3. The van der Waals surface area contributed by atoms with E-state index in [0.29, 0.717) is 28.4 Å². The van der Waals surface area contributed by atoms with Crippen molar-refractivity contribution in [2.75, 3.05) is 10.6 Å². The fraction of sp³-hybridized carbons (Fsp3) is 0.200. The van der Waals surface area contributed by atoms with Gasteiger partial charge in [-0.3, -0.25) is 14.9 Å². The number of nitriles is 1. The van der Waals surface area contributed by atoms with E-state index in [4.69, 9.17) is 5.26 Å². The molecule has 31 heavy (non-hydrogen) atoms. The first kappa shape index (κ1) is 18.7. The first-order chi connectivity index (χ1) is 15.0. The smallest absolute Gasteiger partial charge is 0.254 e. The maximum Gasteiger partial charge on any atom is 0.254 e. The molecule has 0 spiro atoms. The number of rotatable bonds is 5. The lowest BCUT2D eigenvalue weighted by atomic mass is 10.1. The number of fused-ring (bicyclic) bond motifs is 1. The van der Waals surface area contributed by atoms with Crippen molar-refractivity contribution in [2.45, 2.75) is 25.3 Å². The minimum Gasteiger partial charge on any atom is -0.351 e. The number of carbonyl (C=O) groups excluding carboxylic acids is 2. The number of hydrogen-bond acceptors (Lipinski definition) is 8. The van der Waals surface area contributed by atoms with Gasteiger partial charge in [0, 0.05) is 22.9 Å². The SMILES string of the molecule is N#Cc1cc(F)cc(Nc2nc(NC3CC3)n3ncc(/C=C4\CC(=O)NC4=O)c3n2)c1. The van der Waals surface area contributed by atoms with Gasteiger partial charge in [-0.1, -0.05) is 0 Å². The van der Waals surface area contributed by atoms with Gasteiger partial charge < -0.3 is 10.6 Å². The molecule has 2 fully saturated rings. The van der Waals surface area contributed by atoms with Gasteiger partial charge in [-0.25, -0.2) is 4.39 Å². The van der Waals surface area contributed by atoms with Gasteiger partial charge in [-0.15, -0.1) is 0 Å². The number of benzene rings is 1. The van der Waals surface area contributed by atoms with E-state index in [1.807, 2.05) is 6.07 Å². The molecular weight excluding hydrogens is 403 g/mol. The van der Waals surface area contributed by atoms with Crippen molar-refractivity contribution in [3.05, 3.63) is 46.9 Å². The normalized spacial score (nSPS) is 17.1. The number of nitrogens with one attached hydrogen (secondary N) is 3. The van der Waals surface area contributed by atoms with Crippen molar-refractivity contribution >= 4 is 41.1 Å². The Labute approximate surface area is 174 Å². The Bertz CT molecular complexity index is 1320. The predicted molar refractivity (Wildman–Crippen MR) is 108 cm³/mol. The summed E-state index contributed by atoms with van der Waals surface area (Å²) in [5, 5.41) is 21.8. The van der Waals surface area contributed by atoms with Crippen LogP contribution in [-0.4, -0.2) is 37.4 Å². The van der Waals surface area contributed by atoms with Crippen molar-refractivity contribution in [3.63, 3.8) is 0 Å². The molecule has 3 N–H and O–H groups in total. The summed E-state index contributed by atoms with van der Waals surface area (Å²) in [4.78, 5) is 32.3. The average molecular weight is 418 g/mol. The zero-order chi connectivity index (χ0) is 21.5. The average Bonchev–Trinajstić information content (AvgIpc) is 3.36. The van der Waals surface area contributed by atoms with E-state index in [1.54, 1.807) is 6.08 Å². The number of aromatic nitrogens is 4. The van der Waals surface area contributed by atoms with Crippen LogP contribution in [0.25, 0.3) is 11.7 Å². The van der Waals surface area contributed by atoms with Gasteiger partial charge in [0.1, 0.15) is 5.82 Å². The van der Waals surface area contributed by atoms with Crippen LogP contribution in [0.2, 0.25) is 0 Å². The number of hydrogen-bond donors (Lipinski definition) is 3. The van der Waals surface area contributed by atoms with Crippen molar-refractivity contribution in [3.8, 4) is 6.07 Å². The fourth-order valence-electron chi connectivity index (χ4n) is 3.22. The van der Waals surface area contributed by atoms with Crippen LogP contribution in [0.5, 0.6) is 0 Å². The van der Waals surface area contributed by atoms with Gasteiger partial charge >= 0.3 is 0 Å². The van der Waals surface area contributed by atoms with Crippen molar-refractivity contribution < 1.29 is 14.0 Å². The lowest BCUT2D eigenvalue weighted by Gasteiger charge is -2.10. The molecule has 0 unspecified atom stereocenters. The van der Waals surface area contributed by atoms with E-state index in [0.717, 1.165) is 18.9 Å². The summed E-state index contributed by atoms with van der Waals surface area (Å²) in [5.41, 5.74) is 1.72. The minimum absolute atomic E-state index is 0.0141. The standard InChI is InChI=1S/C20H15FN8O2/c21-13-3-10(8-22)4-15(7-13)24-19-27-17-12(5-11-6-16(30)26-18(11)31)9-23-29(17)20(28-19)25-14-1-2-14/h3-5,7,9,14H,1-2,6H2,(H,26,30,31)(H2,24,25,27,28)/b11-5+. The number of amides is 2. The van der Waals surface area contributed by atoms with Crippen molar-refractivity contribution in [1.82, 2.24) is 24.9 Å². The van der Waals surface area contributed by atoms with Gasteiger partial charge in [0.25, 0.3) is 5.91 Å². The number of imide groups is 1. The molecule has 1 aliphatic carbocycles. The second-order valence-electron chi connectivity index (χ2n) is 7.31. The van der Waals surface area contributed by atoms with Crippen LogP contribution < -0.4 is 16.0 Å². The quantitative estimate of drug-likeness (QED) is 0.422. The van der Waals surface area contributed by atoms with E-state index in [9.17, 15) is 14.0 Å². The predicted octanol–water partition coefficient (Wildman–Crippen LogP) is 1.88. The molecule has 2 amide bonds. The Morgan fingerprint density at radius 2 is 2.10 bits per heavy atom. The third-order valence-corrected chi connectivity index (χ3v) is 4.81. The molecule has 1 saturated carbocycles. The van der Waals surface area contributed by atoms with E-state index in [1.165, 1.54) is 22.8 Å². The van der Waals surface area contributed by atoms with Gasteiger partial charge in [0.2, 0.25) is 17.8 Å². The highest BCUT2D eigenvalue weighted by Gasteiger charge is 2.26. The van der Waals surface area contributed by atoms with Crippen LogP contribution in [0.4, 0.5) is 22.0 Å². The summed E-state index contributed by atoms with van der Waals surface area (Å²) in [6, 6.07) is 6.02. The Kier molecular flexibility index (Phi) is 4.32. The van der Waals surface area contributed by atoms with Gasteiger partial charge in [-0.05, 0) is 37.1 Å². The Balaban J connectivity index is 1.58. The molecule has 1 saturated heterocycles. The summed E-state index contributed by atoms with van der Waals surface area (Å²) in [6.07, 6.45) is 5.09. The highest BCUT2D eigenvalue weighted by Crippen LogP contribution is 2.27. The number of carbonyl (C=O) groups is 2. The van der Waals surface area contributed by atoms with E-state index >= 15 is 0 Å². The molecule has 0 atom stereocenters. The fourth-order valence-corrected chi connectivity index (χ4v) is 3.22. The lowest BCUT2D eigenvalue weighted by molar-refractivity contribution is -0.124. The van der Waals surface area contributed by atoms with Crippen molar-refractivity contribution in [1.29, 1.82) is 5.26 Å². The van der Waals surface area contributed by atoms with Crippen LogP contribution in [0.3, 0.4) is 0 Å². The molecule has 10 nitrogen and oxygen atoms in total. The van der Waals surface area contributed by atoms with Crippen molar-refractivity contribution in [2.24, 2.45) is 0 Å². The molecule has 1 aliphatic heterocycles. The van der Waals surface area contributed by atoms with Gasteiger partial charge in [-0.2, -0.15) is 24.8 Å². The molecule has 2 aliphatic rings. The topological polar surface area (TPSA) is 137 Å². The number of halogens is 1. The first-order valence-corrected chi connectivity index (χ1v) is 9.53. The Hall–Kier alpha value is -4.33. The first-order valence-electron chi connectivity index (χ1n) is 9.53. The third-order valence-electron chi connectivity index (χ3n) is 4.81. The summed E-state index contributed by atoms with van der Waals surface area (Å²) in [6.45, 7) is 0. The highest BCUT2D eigenvalue weighted by molar-refractivity contribution is 6.15. The number of anilines is 3. The second-order valence-corrected chi connectivity index (χ2v) is 7.31. The van der Waals surface area contributed by atoms with Gasteiger partial charge in [0.05, 0.1) is 24.3 Å². The van der Waals surface area contributed by atoms with Crippen LogP contribution >= 0.6 is 0 Å². The summed E-state index contributed by atoms with van der Waals surface area (Å²) >= 11 is 0. The molecule has 1 aromatic carbocycles.